The van der Waals surface area contributed by atoms with E-state index in [1.165, 1.54) is 11.1 Å². The van der Waals surface area contributed by atoms with Gasteiger partial charge in [0.1, 0.15) is 0 Å². The lowest BCUT2D eigenvalue weighted by molar-refractivity contribution is 1.14. The van der Waals surface area contributed by atoms with Gasteiger partial charge in [0.05, 0.1) is 10.7 Å². The van der Waals surface area contributed by atoms with Crippen LogP contribution in [0.1, 0.15) is 10.6 Å². The van der Waals surface area contributed by atoms with Gasteiger partial charge in [-0.05, 0) is 17.7 Å². The molecule has 0 unspecified atom stereocenters. The van der Waals surface area contributed by atoms with Gasteiger partial charge in [0.2, 0.25) is 0 Å². The second-order valence-electron chi connectivity index (χ2n) is 4.30. The van der Waals surface area contributed by atoms with Crippen molar-refractivity contribution in [2.45, 2.75) is 6.42 Å². The lowest BCUT2D eigenvalue weighted by Crippen LogP contribution is -1.87. The van der Waals surface area contributed by atoms with Crippen molar-refractivity contribution < 1.29 is 0 Å². The van der Waals surface area contributed by atoms with E-state index in [4.69, 9.17) is 4.98 Å². The van der Waals surface area contributed by atoms with Crippen molar-refractivity contribution in [3.63, 3.8) is 0 Å². The van der Waals surface area contributed by atoms with E-state index in [9.17, 15) is 0 Å². The summed E-state index contributed by atoms with van der Waals surface area (Å²) in [5, 5.41) is 3.28. The van der Waals surface area contributed by atoms with Crippen molar-refractivity contribution >= 4 is 27.3 Å². The fourth-order valence-electron chi connectivity index (χ4n) is 1.91. The molecule has 0 aliphatic carbocycles. The molecule has 3 rings (SSSR count). The van der Waals surface area contributed by atoms with E-state index in [0.29, 0.717) is 0 Å². The van der Waals surface area contributed by atoms with Crippen LogP contribution in [0.2, 0.25) is 0 Å². The van der Waals surface area contributed by atoms with E-state index >= 15 is 0 Å². The molecule has 0 saturated carbocycles. The van der Waals surface area contributed by atoms with Crippen LogP contribution < -0.4 is 0 Å². The van der Waals surface area contributed by atoms with Crippen LogP contribution in [0, 0.1) is 0 Å². The zero-order valence-electron chi connectivity index (χ0n) is 10.2. The fraction of sp³-hybridized carbons (Fsp3) is 0.0625. The molecule has 3 heteroatoms. The molecule has 1 nitrogen and oxygen atoms in total. The molecule has 2 aromatic carbocycles. The molecule has 19 heavy (non-hydrogen) atoms. The summed E-state index contributed by atoms with van der Waals surface area (Å²) in [7, 11) is 0. The molecule has 0 aliphatic rings. The maximum Gasteiger partial charge on any atom is 0.0976 e. The molecule has 0 atom stereocenters. The van der Waals surface area contributed by atoms with Gasteiger partial charge in [-0.1, -0.05) is 58.4 Å². The van der Waals surface area contributed by atoms with Crippen molar-refractivity contribution in [2.75, 3.05) is 0 Å². The fourth-order valence-corrected chi connectivity index (χ4v) is 3.01. The van der Waals surface area contributed by atoms with Crippen LogP contribution in [0.3, 0.4) is 0 Å². The predicted molar refractivity (Wildman–Crippen MR) is 84.5 cm³/mol. The van der Waals surface area contributed by atoms with Gasteiger partial charge in [-0.15, -0.1) is 11.3 Å². The molecule has 3 aromatic rings. The first-order valence-corrected chi connectivity index (χ1v) is 7.73. The number of hydrogen-bond acceptors (Lipinski definition) is 2. The molecular formula is C16H12BrNS. The van der Waals surface area contributed by atoms with Crippen molar-refractivity contribution in [1.82, 2.24) is 4.98 Å². The molecule has 0 fully saturated rings. The summed E-state index contributed by atoms with van der Waals surface area (Å²) in [6, 6.07) is 18.7. The molecule has 94 valence electrons. The lowest BCUT2D eigenvalue weighted by Gasteiger charge is -1.98. The zero-order chi connectivity index (χ0) is 13.1. The molecular weight excluding hydrogens is 318 g/mol. The molecule has 1 heterocycles. The van der Waals surface area contributed by atoms with Crippen LogP contribution in [0.25, 0.3) is 11.3 Å². The Hall–Kier alpha value is -1.45. The monoisotopic (exact) mass is 329 g/mol. The maximum absolute atomic E-state index is 4.71. The van der Waals surface area contributed by atoms with Gasteiger partial charge < -0.3 is 0 Å². The van der Waals surface area contributed by atoms with E-state index in [1.54, 1.807) is 11.3 Å². The van der Waals surface area contributed by atoms with E-state index in [-0.39, 0.29) is 0 Å². The molecule has 1 aromatic heterocycles. The Morgan fingerprint density at radius 3 is 2.42 bits per heavy atom. The summed E-state index contributed by atoms with van der Waals surface area (Å²) < 4.78 is 1.11. The van der Waals surface area contributed by atoms with Crippen molar-refractivity contribution in [2.24, 2.45) is 0 Å². The van der Waals surface area contributed by atoms with E-state index in [0.717, 1.165) is 21.6 Å². The number of halogens is 1. The van der Waals surface area contributed by atoms with Crippen molar-refractivity contribution in [1.29, 1.82) is 0 Å². The summed E-state index contributed by atoms with van der Waals surface area (Å²) in [4.78, 5) is 4.71. The Labute approximate surface area is 125 Å². The van der Waals surface area contributed by atoms with Crippen LogP contribution in [0.4, 0.5) is 0 Å². The number of hydrogen-bond donors (Lipinski definition) is 0. The Bertz CT molecular complexity index is 659. The molecule has 0 radical (unpaired) electrons. The third-order valence-electron chi connectivity index (χ3n) is 2.89. The Kier molecular flexibility index (Phi) is 3.76. The molecule has 0 saturated heterocycles. The number of benzene rings is 2. The minimum absolute atomic E-state index is 0.894. The Morgan fingerprint density at radius 1 is 0.947 bits per heavy atom. The number of rotatable bonds is 3. The van der Waals surface area contributed by atoms with E-state index < -0.39 is 0 Å². The summed E-state index contributed by atoms with van der Waals surface area (Å²) >= 11 is 5.17. The predicted octanol–water partition coefficient (Wildman–Crippen LogP) is 5.16. The van der Waals surface area contributed by atoms with Crippen LogP contribution in [0.5, 0.6) is 0 Å². The highest BCUT2D eigenvalue weighted by molar-refractivity contribution is 9.10. The van der Waals surface area contributed by atoms with Crippen molar-refractivity contribution in [3.05, 3.63) is 75.0 Å². The molecule has 0 amide bonds. The average Bonchev–Trinajstić information content (AvgIpc) is 2.91. The number of aromatic nitrogens is 1. The van der Waals surface area contributed by atoms with Gasteiger partial charge >= 0.3 is 0 Å². The lowest BCUT2D eigenvalue weighted by atomic mass is 10.1. The van der Waals surface area contributed by atoms with E-state index in [2.05, 4.69) is 57.7 Å². The highest BCUT2D eigenvalue weighted by atomic mass is 79.9. The van der Waals surface area contributed by atoms with Crippen LogP contribution in [-0.2, 0) is 6.42 Å². The largest absolute Gasteiger partial charge is 0.241 e. The smallest absolute Gasteiger partial charge is 0.0976 e. The third kappa shape index (κ3) is 3.11. The van der Waals surface area contributed by atoms with Crippen LogP contribution in [-0.4, -0.2) is 4.98 Å². The van der Waals surface area contributed by atoms with Crippen molar-refractivity contribution in [3.8, 4) is 11.3 Å². The van der Waals surface area contributed by atoms with Gasteiger partial charge in [0, 0.05) is 21.8 Å². The van der Waals surface area contributed by atoms with Gasteiger partial charge in [-0.3, -0.25) is 0 Å². The van der Waals surface area contributed by atoms with Crippen LogP contribution in [0.15, 0.2) is 64.5 Å². The molecule has 0 bridgehead atoms. The van der Waals surface area contributed by atoms with Crippen LogP contribution >= 0.6 is 27.3 Å². The number of nitrogens with zero attached hydrogens (tertiary/aromatic N) is 1. The molecule has 0 spiro atoms. The summed E-state index contributed by atoms with van der Waals surface area (Å²) in [6.45, 7) is 0. The maximum atomic E-state index is 4.71. The summed E-state index contributed by atoms with van der Waals surface area (Å²) in [6.07, 6.45) is 0.894. The zero-order valence-corrected chi connectivity index (χ0v) is 12.6. The van der Waals surface area contributed by atoms with Gasteiger partial charge in [-0.2, -0.15) is 0 Å². The summed E-state index contributed by atoms with van der Waals surface area (Å²) in [5.74, 6) is 0. The number of thiazole rings is 1. The average molecular weight is 330 g/mol. The second-order valence-corrected chi connectivity index (χ2v) is 6.15. The first kappa shape index (κ1) is 12.6. The standard InChI is InChI=1S/C16H12BrNS/c17-14-8-6-12(7-9-14)10-16-18-15(11-19-16)13-4-2-1-3-5-13/h1-9,11H,10H2. The summed E-state index contributed by atoms with van der Waals surface area (Å²) in [5.41, 5.74) is 3.54. The third-order valence-corrected chi connectivity index (χ3v) is 4.27. The Morgan fingerprint density at radius 2 is 1.68 bits per heavy atom. The molecule has 0 aliphatic heterocycles. The van der Waals surface area contributed by atoms with Gasteiger partial charge in [0.25, 0.3) is 0 Å². The topological polar surface area (TPSA) is 12.9 Å². The normalized spacial score (nSPS) is 10.6. The van der Waals surface area contributed by atoms with Gasteiger partial charge in [-0.25, -0.2) is 4.98 Å². The first-order valence-electron chi connectivity index (χ1n) is 6.05. The highest BCUT2D eigenvalue weighted by Crippen LogP contribution is 2.23. The SMILES string of the molecule is Brc1ccc(Cc2nc(-c3ccccc3)cs2)cc1. The second kappa shape index (κ2) is 5.68. The van der Waals surface area contributed by atoms with E-state index in [1.807, 2.05) is 18.2 Å². The quantitative estimate of drug-likeness (QED) is 0.646. The first-order chi connectivity index (χ1) is 9.31. The minimum atomic E-state index is 0.894. The highest BCUT2D eigenvalue weighted by Gasteiger charge is 2.05. The van der Waals surface area contributed by atoms with Gasteiger partial charge in [0.15, 0.2) is 0 Å². The Balaban J connectivity index is 1.80. The minimum Gasteiger partial charge on any atom is -0.241 e. The molecule has 0 N–H and O–H groups in total.